The number of carbonyl (C=O) groups excluding carboxylic acids is 1. The molecule has 0 radical (unpaired) electrons. The first-order valence-electron chi connectivity index (χ1n) is 18.4. The molecule has 0 aliphatic carbocycles. The van der Waals surface area contributed by atoms with Gasteiger partial charge in [-0.2, -0.15) is 18.2 Å². The van der Waals surface area contributed by atoms with Crippen LogP contribution in [0.4, 0.5) is 22.7 Å². The van der Waals surface area contributed by atoms with Gasteiger partial charge in [0.2, 0.25) is 0 Å². The van der Waals surface area contributed by atoms with Gasteiger partial charge in [0, 0.05) is 56.2 Å². The number of aryl methyl sites for hydroxylation is 3. The Kier molecular flexibility index (Phi) is 20.8. The molecule has 0 unspecified atom stereocenters. The number of Topliss-reactive ketones (excluding diaryl/α,β-unsaturated/α-hetero) is 1. The van der Waals surface area contributed by atoms with E-state index in [1.54, 1.807) is 37.3 Å². The Labute approximate surface area is 492 Å². The first-order chi connectivity index (χ1) is 28.7. The van der Waals surface area contributed by atoms with Crippen LogP contribution in [-0.4, -0.2) is 54.7 Å². The van der Waals surface area contributed by atoms with E-state index < -0.39 is 40.1 Å². The third-order valence-electron chi connectivity index (χ3n) is 10.0. The molecule has 14 nitrogen and oxygen atoms in total. The SMILES string of the molecule is Cc1cc(Nc2cc(C)nc3ccc(CC(=O)Cc4ccc5nc(C)cc(Nc6c[c-]cc7cc(S(=O)(=O)[O-])cc(S(=O)(=O)[O-])c67)c5c4)cc23)c2[c-]cc(S(=O)(=O)[O-])cc2c1.[Na+].[Na+].[Na+].[Na+].[Na+]. The number of carbonyl (C=O) groups is 1. The summed E-state index contributed by atoms with van der Waals surface area (Å²) in [5, 5.41) is 8.84. The van der Waals surface area contributed by atoms with Crippen molar-refractivity contribution >= 4 is 102 Å². The van der Waals surface area contributed by atoms with Crippen molar-refractivity contribution < 1.29 is 191 Å². The number of rotatable bonds is 11. The molecule has 0 spiro atoms. The average Bonchev–Trinajstić information content (AvgIpc) is 3.16. The smallest absolute Gasteiger partial charge is 0.752 e. The summed E-state index contributed by atoms with van der Waals surface area (Å²) in [5.41, 5.74) is 6.60. The number of aromatic nitrogens is 2. The van der Waals surface area contributed by atoms with Gasteiger partial charge in [-0.15, -0.1) is 34.4 Å². The van der Waals surface area contributed by atoms with Crippen molar-refractivity contribution in [2.45, 2.75) is 48.3 Å². The van der Waals surface area contributed by atoms with Crippen LogP contribution in [0.1, 0.15) is 28.1 Å². The zero-order valence-electron chi connectivity index (χ0n) is 37.4. The van der Waals surface area contributed by atoms with Crippen molar-refractivity contribution in [2.75, 3.05) is 10.6 Å². The van der Waals surface area contributed by atoms with E-state index in [0.717, 1.165) is 34.3 Å². The molecule has 0 aliphatic rings. The minimum atomic E-state index is -5.26. The second kappa shape index (κ2) is 23.3. The van der Waals surface area contributed by atoms with Crippen LogP contribution in [-0.2, 0) is 48.0 Å². The van der Waals surface area contributed by atoms with Crippen LogP contribution in [0.3, 0.4) is 0 Å². The fourth-order valence-corrected chi connectivity index (χ4v) is 9.29. The average molecular weight is 987 g/mol. The fraction of sp³-hybridized carbons (Fsp3) is 0.114. The van der Waals surface area contributed by atoms with Gasteiger partial charge in [-0.3, -0.25) is 14.8 Å². The number of hydrogen-bond donors (Lipinski definition) is 2. The normalized spacial score (nSPS) is 11.4. The van der Waals surface area contributed by atoms with Crippen LogP contribution < -0.4 is 158 Å². The monoisotopic (exact) mass is 986 g/mol. The summed E-state index contributed by atoms with van der Waals surface area (Å²) in [5.74, 6) is -0.107. The first kappa shape index (κ1) is 59.0. The van der Waals surface area contributed by atoms with Crippen LogP contribution in [0.25, 0.3) is 43.4 Å². The molecule has 8 rings (SSSR count). The Bertz CT molecular complexity index is 3550. The largest absolute Gasteiger partial charge is 1.00 e. The molecule has 0 saturated carbocycles. The van der Waals surface area contributed by atoms with E-state index in [4.69, 9.17) is 0 Å². The second-order valence-electron chi connectivity index (χ2n) is 14.7. The molecule has 66 heavy (non-hydrogen) atoms. The van der Waals surface area contributed by atoms with Crippen LogP contribution in [0.5, 0.6) is 0 Å². The van der Waals surface area contributed by atoms with Crippen molar-refractivity contribution in [3.05, 3.63) is 137 Å². The molecule has 0 saturated heterocycles. The summed E-state index contributed by atoms with van der Waals surface area (Å²) in [4.78, 5) is 20.8. The maximum Gasteiger partial charge on any atom is 1.00 e. The fourth-order valence-electron chi connectivity index (χ4n) is 7.46. The zero-order chi connectivity index (χ0) is 43.6. The summed E-state index contributed by atoms with van der Waals surface area (Å²) in [6.07, 6.45) is 0.114. The molecule has 0 fully saturated rings. The summed E-state index contributed by atoms with van der Waals surface area (Å²) in [6.45, 7) is 5.45. The molecule has 0 atom stereocenters. The van der Waals surface area contributed by atoms with E-state index in [1.165, 1.54) is 18.2 Å². The van der Waals surface area contributed by atoms with Crippen LogP contribution in [0.15, 0.2) is 112 Å². The van der Waals surface area contributed by atoms with Crippen molar-refractivity contribution in [2.24, 2.45) is 0 Å². The second-order valence-corrected chi connectivity index (χ2v) is 18.8. The van der Waals surface area contributed by atoms with E-state index in [9.17, 15) is 43.7 Å². The van der Waals surface area contributed by atoms with Gasteiger partial charge in [-0.1, -0.05) is 47.0 Å². The minimum Gasteiger partial charge on any atom is -0.752 e. The van der Waals surface area contributed by atoms with Crippen molar-refractivity contribution in [3.63, 3.8) is 0 Å². The number of ketones is 1. The molecule has 2 aromatic heterocycles. The number of pyridine rings is 2. The topological polar surface area (TPSA) is 239 Å². The molecule has 310 valence electrons. The molecule has 0 bridgehead atoms. The van der Waals surface area contributed by atoms with E-state index in [-0.39, 0.29) is 188 Å². The Morgan fingerprint density at radius 2 is 1.08 bits per heavy atom. The number of nitrogens with zero attached hydrogens (tertiary/aromatic N) is 2. The molecule has 22 heteroatoms. The van der Waals surface area contributed by atoms with Crippen molar-refractivity contribution in [1.29, 1.82) is 0 Å². The predicted molar refractivity (Wildman–Crippen MR) is 226 cm³/mol. The van der Waals surface area contributed by atoms with Crippen LogP contribution >= 0.6 is 0 Å². The molecular formula is C44H31N4Na5O10S3. The standard InChI is InChI=1S/C44H34N4O10S3.5Na/c1-24-13-30-22-32(59(50,51)52)9-10-34(30)40(14-24)48-42-16-26(3)46-38-12-8-28(20-36(38)42)18-31(49)17-27-7-11-37-35(19-27)41(15-25(2)45-37)47-39-6-4-5-29-21-33(60(53,54)55)23-43(44(29)39)61(56,57)58;;;;;/h5-9,11-16,19-23H,17-18H2,1-3H3,(H,45,47)(H,46,48)(H,50,51,52)(H,53,54,55)(H,56,57,58);;;;;/q-2;5*+1/p-3. The Morgan fingerprint density at radius 1 is 0.561 bits per heavy atom. The predicted octanol–water partition coefficient (Wildman–Crippen LogP) is -7.81. The number of hydrogen-bond acceptors (Lipinski definition) is 14. The summed E-state index contributed by atoms with van der Waals surface area (Å²) in [6, 6.07) is 30.5. The van der Waals surface area contributed by atoms with Gasteiger partial charge in [0.15, 0.2) is 0 Å². The molecule has 2 N–H and O–H groups in total. The zero-order valence-corrected chi connectivity index (χ0v) is 49.8. The Balaban J connectivity index is 0.00000231. The maximum atomic E-state index is 13.7. The summed E-state index contributed by atoms with van der Waals surface area (Å²) in [7, 11) is -15.1. The van der Waals surface area contributed by atoms with Crippen LogP contribution in [0.2, 0.25) is 0 Å². The Morgan fingerprint density at radius 3 is 1.59 bits per heavy atom. The molecule has 6 aromatic carbocycles. The van der Waals surface area contributed by atoms with E-state index in [2.05, 4.69) is 32.7 Å². The van der Waals surface area contributed by atoms with Gasteiger partial charge in [0.1, 0.15) is 26.0 Å². The van der Waals surface area contributed by atoms with Crippen molar-refractivity contribution in [1.82, 2.24) is 9.97 Å². The first-order valence-corrected chi connectivity index (χ1v) is 22.6. The van der Waals surface area contributed by atoms with Gasteiger partial charge in [-0.25, -0.2) is 25.3 Å². The molecule has 0 aliphatic heterocycles. The van der Waals surface area contributed by atoms with E-state index in [0.29, 0.717) is 61.6 Å². The molecular weight excluding hydrogens is 956 g/mol. The van der Waals surface area contributed by atoms with Gasteiger partial charge >= 0.3 is 148 Å². The van der Waals surface area contributed by atoms with Crippen LogP contribution in [0, 0.1) is 32.9 Å². The Hall–Kier alpha value is -1.34. The third kappa shape index (κ3) is 13.3. The molecule has 2 heterocycles. The minimum absolute atomic E-state index is 0. The molecule has 0 amide bonds. The van der Waals surface area contributed by atoms with Gasteiger partial charge in [0.05, 0.1) is 21.2 Å². The number of anilines is 4. The molecule has 8 aromatic rings. The van der Waals surface area contributed by atoms with Gasteiger partial charge < -0.3 is 24.3 Å². The van der Waals surface area contributed by atoms with E-state index >= 15 is 0 Å². The number of fused-ring (bicyclic) bond motifs is 4. The summed E-state index contributed by atoms with van der Waals surface area (Å²) < 4.78 is 108. The van der Waals surface area contributed by atoms with E-state index in [1.807, 2.05) is 44.2 Å². The quantitative estimate of drug-likeness (QED) is 0.0696. The maximum absolute atomic E-state index is 13.7. The third-order valence-corrected chi connectivity index (χ3v) is 12.5. The van der Waals surface area contributed by atoms with Gasteiger partial charge in [-0.05, 0) is 84.9 Å². The number of nitrogens with one attached hydrogen (secondary N) is 2. The number of benzene rings is 6. The van der Waals surface area contributed by atoms with Crippen molar-refractivity contribution in [3.8, 4) is 0 Å². The summed E-state index contributed by atoms with van der Waals surface area (Å²) >= 11 is 0. The van der Waals surface area contributed by atoms with Gasteiger partial charge in [0.25, 0.3) is 0 Å².